The molecule has 0 radical (unpaired) electrons. The number of rotatable bonds is 12. The van der Waals surface area contributed by atoms with E-state index in [9.17, 15) is 19.8 Å². The second-order valence-electron chi connectivity index (χ2n) is 14.7. The summed E-state index contributed by atoms with van der Waals surface area (Å²) in [6, 6.07) is 22.9. The summed E-state index contributed by atoms with van der Waals surface area (Å²) in [5, 5.41) is 31.8. The Labute approximate surface area is 325 Å². The standard InChI is InChI=1S/C41H48N10O5/c1-2-34(52)46-31-21-32(37(54)36(31)53)51-25-44-35-38(43-23-30(26-9-5-3-6-10-26)27-11-7-4-8-12-27)47-41(48-39(35)51)50-16-15-29(24-50)45-40(55)28-13-14-33(42-22-28)49-17-19-56-20-18-49/h3-14,22,25,29-32,36-37,53-54H,2,15-21,23-24H2,1H3,(H,45,55)(H,46,52)(H,43,47,48)/t29-,31+,32-,36-,37+/m1/s1. The van der Waals surface area contributed by atoms with Gasteiger partial charge in [0.1, 0.15) is 18.0 Å². The van der Waals surface area contributed by atoms with Crippen molar-refractivity contribution in [1.29, 1.82) is 0 Å². The number of anilines is 3. The first-order valence-corrected chi connectivity index (χ1v) is 19.4. The molecular weight excluding hydrogens is 713 g/mol. The molecule has 2 saturated heterocycles. The van der Waals surface area contributed by atoms with Crippen LogP contribution in [0.4, 0.5) is 17.6 Å². The van der Waals surface area contributed by atoms with Crippen LogP contribution < -0.4 is 25.8 Å². The van der Waals surface area contributed by atoms with Gasteiger partial charge in [0, 0.05) is 57.3 Å². The fraction of sp³-hybridized carbons (Fsp3) is 0.415. The van der Waals surface area contributed by atoms with Gasteiger partial charge in [-0.05, 0) is 36.1 Å². The van der Waals surface area contributed by atoms with E-state index in [1.54, 1.807) is 30.1 Å². The molecule has 2 aromatic carbocycles. The topological polar surface area (TPSA) is 183 Å². The van der Waals surface area contributed by atoms with Crippen LogP contribution in [-0.2, 0) is 9.53 Å². The van der Waals surface area contributed by atoms with Crippen molar-refractivity contribution >= 4 is 40.6 Å². The lowest BCUT2D eigenvalue weighted by Crippen LogP contribution is -2.42. The number of aliphatic hydroxyl groups is 2. The number of hydrogen-bond donors (Lipinski definition) is 5. The summed E-state index contributed by atoms with van der Waals surface area (Å²) >= 11 is 0. The molecule has 2 amide bonds. The van der Waals surface area contributed by atoms with Crippen molar-refractivity contribution in [3.8, 4) is 0 Å². The van der Waals surface area contributed by atoms with Gasteiger partial charge in [0.15, 0.2) is 17.0 Å². The Morgan fingerprint density at radius 3 is 2.29 bits per heavy atom. The van der Waals surface area contributed by atoms with Crippen LogP contribution in [0.25, 0.3) is 11.2 Å². The predicted molar refractivity (Wildman–Crippen MR) is 212 cm³/mol. The van der Waals surface area contributed by atoms with Gasteiger partial charge in [0.2, 0.25) is 11.9 Å². The average molecular weight is 761 g/mol. The van der Waals surface area contributed by atoms with E-state index in [0.29, 0.717) is 74.2 Å². The summed E-state index contributed by atoms with van der Waals surface area (Å²) in [6.07, 6.45) is 2.18. The van der Waals surface area contributed by atoms with Crippen LogP contribution in [-0.4, -0.2) is 117 Å². The molecule has 15 heteroatoms. The van der Waals surface area contributed by atoms with E-state index in [2.05, 4.69) is 50.1 Å². The van der Waals surface area contributed by atoms with Crippen LogP contribution in [0.15, 0.2) is 85.3 Å². The second-order valence-corrected chi connectivity index (χ2v) is 14.7. The zero-order chi connectivity index (χ0) is 38.6. The lowest BCUT2D eigenvalue weighted by Gasteiger charge is -2.27. The molecule has 3 aromatic heterocycles. The highest BCUT2D eigenvalue weighted by molar-refractivity contribution is 5.94. The van der Waals surface area contributed by atoms with E-state index in [-0.39, 0.29) is 30.2 Å². The Bertz CT molecular complexity index is 2070. The van der Waals surface area contributed by atoms with Crippen LogP contribution in [0.1, 0.15) is 59.6 Å². The molecule has 3 fully saturated rings. The first kappa shape index (κ1) is 37.3. The number of ether oxygens (including phenoxy) is 1. The molecule has 1 aliphatic carbocycles. The van der Waals surface area contributed by atoms with Crippen LogP contribution in [0.2, 0.25) is 0 Å². The first-order valence-electron chi connectivity index (χ1n) is 19.4. The van der Waals surface area contributed by atoms with Crippen LogP contribution in [0, 0.1) is 0 Å². The van der Waals surface area contributed by atoms with Gasteiger partial charge >= 0.3 is 0 Å². The smallest absolute Gasteiger partial charge is 0.253 e. The van der Waals surface area contributed by atoms with E-state index in [0.717, 1.165) is 30.0 Å². The molecule has 292 valence electrons. The number of benzene rings is 2. The van der Waals surface area contributed by atoms with Crippen molar-refractivity contribution in [2.45, 2.75) is 62.4 Å². The number of hydrogen-bond acceptors (Lipinski definition) is 12. The van der Waals surface area contributed by atoms with Gasteiger partial charge in [-0.2, -0.15) is 9.97 Å². The first-order chi connectivity index (χ1) is 27.4. The number of nitrogens with one attached hydrogen (secondary N) is 3. The molecule has 1 saturated carbocycles. The lowest BCUT2D eigenvalue weighted by atomic mass is 9.91. The van der Waals surface area contributed by atoms with Crippen LogP contribution >= 0.6 is 0 Å². The maximum Gasteiger partial charge on any atom is 0.253 e. The van der Waals surface area contributed by atoms with Crippen molar-refractivity contribution in [3.63, 3.8) is 0 Å². The fourth-order valence-electron chi connectivity index (χ4n) is 7.97. The van der Waals surface area contributed by atoms with Gasteiger partial charge in [-0.15, -0.1) is 0 Å². The zero-order valence-corrected chi connectivity index (χ0v) is 31.4. The van der Waals surface area contributed by atoms with E-state index >= 15 is 0 Å². The quantitative estimate of drug-likeness (QED) is 0.126. The summed E-state index contributed by atoms with van der Waals surface area (Å²) in [6.45, 7) is 6.20. The molecule has 5 aromatic rings. The maximum atomic E-state index is 13.3. The monoisotopic (exact) mass is 760 g/mol. The van der Waals surface area contributed by atoms with Gasteiger partial charge in [-0.1, -0.05) is 67.6 Å². The Morgan fingerprint density at radius 2 is 1.61 bits per heavy atom. The van der Waals surface area contributed by atoms with Crippen molar-refractivity contribution < 1.29 is 24.5 Å². The van der Waals surface area contributed by atoms with E-state index in [4.69, 9.17) is 19.7 Å². The fourth-order valence-corrected chi connectivity index (χ4v) is 7.97. The minimum Gasteiger partial charge on any atom is -0.388 e. The molecule has 0 unspecified atom stereocenters. The van der Waals surface area contributed by atoms with Gasteiger partial charge in [0.05, 0.1) is 37.2 Å². The summed E-state index contributed by atoms with van der Waals surface area (Å²) in [5.41, 5.74) is 3.80. The Balaban J connectivity index is 1.06. The molecule has 2 aliphatic heterocycles. The minimum atomic E-state index is -1.16. The number of amides is 2. The van der Waals surface area contributed by atoms with Gasteiger partial charge in [-0.3, -0.25) is 9.59 Å². The number of carbonyl (C=O) groups excluding carboxylic acids is 2. The van der Waals surface area contributed by atoms with Gasteiger partial charge in [0.25, 0.3) is 5.91 Å². The summed E-state index contributed by atoms with van der Waals surface area (Å²) in [5.74, 6) is 1.43. The number of aliphatic hydroxyl groups excluding tert-OH is 2. The maximum absolute atomic E-state index is 13.3. The summed E-state index contributed by atoms with van der Waals surface area (Å²) < 4.78 is 7.23. The third kappa shape index (κ3) is 7.88. The zero-order valence-electron chi connectivity index (χ0n) is 31.4. The molecule has 0 bridgehead atoms. The molecule has 5 atom stereocenters. The molecule has 15 nitrogen and oxygen atoms in total. The summed E-state index contributed by atoms with van der Waals surface area (Å²) in [4.78, 5) is 49.1. The summed E-state index contributed by atoms with van der Waals surface area (Å²) in [7, 11) is 0. The highest BCUT2D eigenvalue weighted by Crippen LogP contribution is 2.35. The Morgan fingerprint density at radius 1 is 0.875 bits per heavy atom. The highest BCUT2D eigenvalue weighted by Gasteiger charge is 2.44. The van der Waals surface area contributed by atoms with E-state index in [1.165, 1.54) is 0 Å². The SMILES string of the molecule is CCC(=O)N[C@H]1C[C@@H](n2cnc3c(NCC(c4ccccc4)c4ccccc4)nc(N4CC[C@@H](NC(=O)c5ccc(N6CCOCC6)nc5)C4)nc32)[C@H](O)[C@@H]1O. The number of nitrogens with zero attached hydrogens (tertiary/aromatic N) is 7. The molecule has 0 spiro atoms. The number of morpholine rings is 1. The molecule has 56 heavy (non-hydrogen) atoms. The number of fused-ring (bicyclic) bond motifs is 1. The number of aromatic nitrogens is 5. The van der Waals surface area contributed by atoms with Gasteiger partial charge < -0.3 is 45.3 Å². The molecule has 3 aliphatic rings. The van der Waals surface area contributed by atoms with Crippen molar-refractivity contribution in [1.82, 2.24) is 35.1 Å². The van der Waals surface area contributed by atoms with E-state index < -0.39 is 24.3 Å². The normalized spacial score (nSPS) is 22.5. The van der Waals surface area contributed by atoms with Gasteiger partial charge in [-0.25, -0.2) is 9.97 Å². The largest absolute Gasteiger partial charge is 0.388 e. The number of pyridine rings is 1. The third-order valence-electron chi connectivity index (χ3n) is 11.1. The minimum absolute atomic E-state index is 0.00601. The Kier molecular flexibility index (Phi) is 11.1. The van der Waals surface area contributed by atoms with Crippen molar-refractivity contribution in [3.05, 3.63) is 102 Å². The number of carbonyl (C=O) groups is 2. The molecule has 8 rings (SSSR count). The highest BCUT2D eigenvalue weighted by atomic mass is 16.5. The number of imidazole rings is 1. The third-order valence-corrected chi connectivity index (χ3v) is 11.1. The average Bonchev–Trinajstić information content (AvgIpc) is 3.96. The molecule has 5 N–H and O–H groups in total. The van der Waals surface area contributed by atoms with E-state index in [1.807, 2.05) is 47.4 Å². The Hall–Kier alpha value is -5.64. The lowest BCUT2D eigenvalue weighted by molar-refractivity contribution is -0.122. The molecule has 5 heterocycles. The molecular formula is C41H48N10O5. The van der Waals surface area contributed by atoms with Crippen molar-refractivity contribution in [2.75, 3.05) is 61.1 Å². The predicted octanol–water partition coefficient (Wildman–Crippen LogP) is 2.87. The van der Waals surface area contributed by atoms with Crippen molar-refractivity contribution in [2.24, 2.45) is 0 Å². The second kappa shape index (κ2) is 16.6. The van der Waals surface area contributed by atoms with Crippen LogP contribution in [0.5, 0.6) is 0 Å². The van der Waals surface area contributed by atoms with Crippen LogP contribution in [0.3, 0.4) is 0 Å².